The number of fused-ring (bicyclic) bond motifs is 1. The first-order valence-corrected chi connectivity index (χ1v) is 8.17. The molecule has 1 saturated carbocycles. The van der Waals surface area contributed by atoms with Gasteiger partial charge in [0.05, 0.1) is 5.41 Å². The van der Waals surface area contributed by atoms with E-state index in [9.17, 15) is 9.90 Å². The number of aliphatic carboxylic acids is 1. The minimum Gasteiger partial charge on any atom is -0.481 e. The van der Waals surface area contributed by atoms with Crippen molar-refractivity contribution in [1.29, 1.82) is 0 Å². The molecule has 0 unspecified atom stereocenters. The molecule has 2 aromatic heterocycles. The molecule has 2 aromatic rings. The van der Waals surface area contributed by atoms with Crippen LogP contribution < -0.4 is 5.73 Å². The van der Waals surface area contributed by atoms with Gasteiger partial charge in [-0.1, -0.05) is 13.8 Å². The molecule has 3 rings (SSSR count). The summed E-state index contributed by atoms with van der Waals surface area (Å²) in [6, 6.07) is 0. The zero-order chi connectivity index (χ0) is 16.1. The lowest BCUT2D eigenvalue weighted by molar-refractivity contribution is -0.151. The predicted octanol–water partition coefficient (Wildman–Crippen LogP) is 3.07. The van der Waals surface area contributed by atoms with Gasteiger partial charge in [0, 0.05) is 18.3 Å². The number of halogens is 1. The second-order valence-corrected chi connectivity index (χ2v) is 7.10. The molecule has 0 aliphatic heterocycles. The summed E-state index contributed by atoms with van der Waals surface area (Å²) in [5.41, 5.74) is 6.00. The Bertz CT molecular complexity index is 742. The van der Waals surface area contributed by atoms with E-state index in [4.69, 9.17) is 5.73 Å². The summed E-state index contributed by atoms with van der Waals surface area (Å²) >= 11 is 3.43. The maximum Gasteiger partial charge on any atom is 0.309 e. The molecule has 1 fully saturated rings. The number of nitrogens with two attached hydrogens (primary N) is 1. The van der Waals surface area contributed by atoms with Gasteiger partial charge in [-0.15, -0.1) is 0 Å². The van der Waals surface area contributed by atoms with E-state index in [-0.39, 0.29) is 11.8 Å². The van der Waals surface area contributed by atoms with E-state index in [2.05, 4.69) is 25.9 Å². The summed E-state index contributed by atoms with van der Waals surface area (Å²) in [7, 11) is 0. The minimum absolute atomic E-state index is 0.0939. The monoisotopic (exact) mass is 366 g/mol. The van der Waals surface area contributed by atoms with E-state index < -0.39 is 11.4 Å². The van der Waals surface area contributed by atoms with Crippen LogP contribution in [0.4, 0.5) is 5.82 Å². The number of aromatic nitrogens is 3. The van der Waals surface area contributed by atoms with Gasteiger partial charge in [-0.25, -0.2) is 9.97 Å². The quantitative estimate of drug-likeness (QED) is 0.870. The van der Waals surface area contributed by atoms with Crippen LogP contribution >= 0.6 is 15.9 Å². The van der Waals surface area contributed by atoms with Crippen molar-refractivity contribution in [3.8, 4) is 0 Å². The largest absolute Gasteiger partial charge is 0.481 e. The molecule has 1 aliphatic carbocycles. The average Bonchev–Trinajstić information content (AvgIpc) is 3.02. The predicted molar refractivity (Wildman–Crippen MR) is 86.6 cm³/mol. The zero-order valence-electron chi connectivity index (χ0n) is 12.6. The molecule has 0 bridgehead atoms. The number of carboxylic acid groups (broad SMARTS) is 1. The van der Waals surface area contributed by atoms with E-state index in [1.165, 1.54) is 0 Å². The Labute approximate surface area is 136 Å². The van der Waals surface area contributed by atoms with Crippen LogP contribution in [0, 0.1) is 11.3 Å². The van der Waals surface area contributed by atoms with E-state index >= 15 is 0 Å². The fourth-order valence-electron chi connectivity index (χ4n) is 3.59. The summed E-state index contributed by atoms with van der Waals surface area (Å²) in [5, 5.41) is 9.69. The number of carbonyl (C=O) groups is 1. The van der Waals surface area contributed by atoms with Gasteiger partial charge in [-0.3, -0.25) is 9.20 Å². The van der Waals surface area contributed by atoms with Gasteiger partial charge in [0.2, 0.25) is 0 Å². The van der Waals surface area contributed by atoms with Crippen molar-refractivity contribution in [3.63, 3.8) is 0 Å². The maximum atomic E-state index is 11.8. The van der Waals surface area contributed by atoms with Crippen molar-refractivity contribution in [1.82, 2.24) is 14.4 Å². The van der Waals surface area contributed by atoms with Crippen LogP contribution in [0.5, 0.6) is 0 Å². The average molecular weight is 367 g/mol. The Morgan fingerprint density at radius 1 is 1.59 bits per heavy atom. The molecule has 22 heavy (non-hydrogen) atoms. The standard InChI is InChI=1S/C15H19BrN4O2/c1-8(2)15(14(21)22)4-3-9(7-15)13-19-11(16)10-12(17)18-5-6-20(10)13/h5-6,8-9H,3-4,7H2,1-2H3,(H2,17,18)(H,21,22)/t9-,15+/m0/s1. The molecule has 0 aromatic carbocycles. The molecule has 0 radical (unpaired) electrons. The van der Waals surface area contributed by atoms with Crippen molar-refractivity contribution in [2.75, 3.05) is 5.73 Å². The third-order valence-corrected chi connectivity index (χ3v) is 5.57. The fraction of sp³-hybridized carbons (Fsp3) is 0.533. The number of rotatable bonds is 3. The molecular formula is C15H19BrN4O2. The first kappa shape index (κ1) is 15.3. The number of hydrogen-bond donors (Lipinski definition) is 2. The van der Waals surface area contributed by atoms with Crippen LogP contribution in [0.3, 0.4) is 0 Å². The fourth-order valence-corrected chi connectivity index (χ4v) is 4.17. The first-order chi connectivity index (χ1) is 10.4. The van der Waals surface area contributed by atoms with Crippen LogP contribution in [0.2, 0.25) is 0 Å². The second-order valence-electron chi connectivity index (χ2n) is 6.35. The number of anilines is 1. The van der Waals surface area contributed by atoms with Gasteiger partial charge < -0.3 is 10.8 Å². The van der Waals surface area contributed by atoms with Gasteiger partial charge in [0.15, 0.2) is 5.82 Å². The van der Waals surface area contributed by atoms with Crippen LogP contribution in [0.1, 0.15) is 44.9 Å². The van der Waals surface area contributed by atoms with Crippen LogP contribution in [0.15, 0.2) is 17.0 Å². The molecule has 0 spiro atoms. The molecule has 2 heterocycles. The van der Waals surface area contributed by atoms with Crippen molar-refractivity contribution >= 4 is 33.2 Å². The van der Waals surface area contributed by atoms with Crippen molar-refractivity contribution in [2.24, 2.45) is 11.3 Å². The molecule has 3 N–H and O–H groups in total. The Balaban J connectivity index is 2.04. The molecule has 7 heteroatoms. The number of nitrogens with zero attached hydrogens (tertiary/aromatic N) is 3. The van der Waals surface area contributed by atoms with Crippen molar-refractivity contribution in [3.05, 3.63) is 22.8 Å². The summed E-state index contributed by atoms with van der Waals surface area (Å²) in [5.74, 6) is 0.779. The zero-order valence-corrected chi connectivity index (χ0v) is 14.2. The maximum absolute atomic E-state index is 11.8. The Morgan fingerprint density at radius 2 is 2.32 bits per heavy atom. The highest BCUT2D eigenvalue weighted by Gasteiger charge is 2.49. The number of nitrogen functional groups attached to an aromatic ring is 1. The Hall–Kier alpha value is -1.63. The van der Waals surface area contributed by atoms with E-state index in [0.717, 1.165) is 17.8 Å². The number of imidazole rings is 1. The minimum atomic E-state index is -0.703. The van der Waals surface area contributed by atoms with Crippen LogP contribution in [0.25, 0.3) is 5.52 Å². The van der Waals surface area contributed by atoms with E-state index in [0.29, 0.717) is 23.3 Å². The molecule has 0 saturated heterocycles. The second kappa shape index (κ2) is 5.22. The van der Waals surface area contributed by atoms with Crippen LogP contribution in [-0.2, 0) is 4.79 Å². The summed E-state index contributed by atoms with van der Waals surface area (Å²) in [6.45, 7) is 3.97. The van der Waals surface area contributed by atoms with Gasteiger partial charge in [-0.2, -0.15) is 0 Å². The summed E-state index contributed by atoms with van der Waals surface area (Å²) in [6.07, 6.45) is 5.57. The topological polar surface area (TPSA) is 93.5 Å². The summed E-state index contributed by atoms with van der Waals surface area (Å²) in [4.78, 5) is 20.5. The summed E-state index contributed by atoms with van der Waals surface area (Å²) < 4.78 is 2.58. The lowest BCUT2D eigenvalue weighted by Gasteiger charge is -2.28. The third-order valence-electron chi connectivity index (χ3n) is 5.01. The lowest BCUT2D eigenvalue weighted by atomic mass is 9.75. The molecule has 6 nitrogen and oxygen atoms in total. The molecule has 0 amide bonds. The lowest BCUT2D eigenvalue weighted by Crippen LogP contribution is -2.33. The Morgan fingerprint density at radius 3 is 2.91 bits per heavy atom. The normalized spacial score (nSPS) is 25.2. The van der Waals surface area contributed by atoms with Gasteiger partial charge in [0.1, 0.15) is 15.9 Å². The third kappa shape index (κ3) is 2.10. The molecule has 118 valence electrons. The highest BCUT2D eigenvalue weighted by Crippen LogP contribution is 2.51. The Kier molecular flexibility index (Phi) is 3.63. The highest BCUT2D eigenvalue weighted by molar-refractivity contribution is 9.10. The van der Waals surface area contributed by atoms with Gasteiger partial charge in [-0.05, 0) is 41.1 Å². The number of hydrogen-bond acceptors (Lipinski definition) is 4. The van der Waals surface area contributed by atoms with Gasteiger partial charge >= 0.3 is 5.97 Å². The highest BCUT2D eigenvalue weighted by atomic mass is 79.9. The first-order valence-electron chi connectivity index (χ1n) is 7.38. The van der Waals surface area contributed by atoms with E-state index in [1.807, 2.05) is 24.4 Å². The molecule has 1 aliphatic rings. The number of carboxylic acids is 1. The molecular weight excluding hydrogens is 348 g/mol. The van der Waals surface area contributed by atoms with Crippen molar-refractivity contribution < 1.29 is 9.90 Å². The van der Waals surface area contributed by atoms with Crippen LogP contribution in [-0.4, -0.2) is 25.4 Å². The van der Waals surface area contributed by atoms with Gasteiger partial charge in [0.25, 0.3) is 0 Å². The molecule has 2 atom stereocenters. The smallest absolute Gasteiger partial charge is 0.309 e. The van der Waals surface area contributed by atoms with Crippen molar-refractivity contribution in [2.45, 2.75) is 39.0 Å². The SMILES string of the molecule is CC(C)[C@@]1(C(=O)O)CC[C@H](c2nc(Br)c3c(N)nccn23)C1. The van der Waals surface area contributed by atoms with E-state index in [1.54, 1.807) is 6.20 Å².